The fourth-order valence-electron chi connectivity index (χ4n) is 2.49. The molecule has 7 heteroatoms. The third-order valence-electron chi connectivity index (χ3n) is 3.97. The van der Waals surface area contributed by atoms with Gasteiger partial charge in [-0.1, -0.05) is 12.1 Å². The highest BCUT2D eigenvalue weighted by atomic mass is 16.5. The number of hydrogen-bond donors (Lipinski definition) is 2. The molecule has 0 unspecified atom stereocenters. The molecular formula is C20H25N3O4. The Hall–Kier alpha value is -3.22. The Balaban J connectivity index is 1.86. The first-order valence-corrected chi connectivity index (χ1v) is 8.52. The normalized spacial score (nSPS) is 10.1. The topological polar surface area (TPSA) is 79.9 Å². The molecule has 0 spiro atoms. The van der Waals surface area contributed by atoms with E-state index in [0.717, 1.165) is 11.3 Å². The standard InChI is InChI=1S/C20H25N3O4/c1-23(2)16-7-5-6-15(13-16)22-20(25)19(24)21-11-10-14-8-9-17(26-3)18(12-14)27-4/h5-9,12-13H,10-11H2,1-4H3,(H,21,24)(H,22,25). The summed E-state index contributed by atoms with van der Waals surface area (Å²) in [5.41, 5.74) is 2.47. The van der Waals surface area contributed by atoms with E-state index < -0.39 is 11.8 Å². The van der Waals surface area contributed by atoms with Crippen LogP contribution in [0.3, 0.4) is 0 Å². The summed E-state index contributed by atoms with van der Waals surface area (Å²) in [7, 11) is 6.95. The number of rotatable bonds is 7. The number of amides is 2. The molecule has 0 fully saturated rings. The minimum Gasteiger partial charge on any atom is -0.493 e. The predicted molar refractivity (Wildman–Crippen MR) is 106 cm³/mol. The van der Waals surface area contributed by atoms with Gasteiger partial charge in [-0.15, -0.1) is 0 Å². The summed E-state index contributed by atoms with van der Waals surface area (Å²) in [6.45, 7) is 0.333. The molecule has 0 heterocycles. The maximum Gasteiger partial charge on any atom is 0.313 e. The van der Waals surface area contributed by atoms with Gasteiger partial charge in [0.05, 0.1) is 14.2 Å². The summed E-state index contributed by atoms with van der Waals surface area (Å²) in [5.74, 6) is -0.103. The van der Waals surface area contributed by atoms with Crippen LogP contribution in [0.15, 0.2) is 42.5 Å². The van der Waals surface area contributed by atoms with Gasteiger partial charge < -0.3 is 25.0 Å². The second-order valence-corrected chi connectivity index (χ2v) is 6.09. The first kappa shape index (κ1) is 20.1. The molecule has 0 aliphatic rings. The van der Waals surface area contributed by atoms with Gasteiger partial charge in [-0.3, -0.25) is 9.59 Å². The van der Waals surface area contributed by atoms with E-state index in [1.54, 1.807) is 32.4 Å². The van der Waals surface area contributed by atoms with Crippen molar-refractivity contribution in [1.82, 2.24) is 5.32 Å². The van der Waals surface area contributed by atoms with Gasteiger partial charge in [0, 0.05) is 32.0 Å². The van der Waals surface area contributed by atoms with Crippen molar-refractivity contribution in [2.75, 3.05) is 45.1 Å². The van der Waals surface area contributed by atoms with Gasteiger partial charge >= 0.3 is 11.8 Å². The van der Waals surface area contributed by atoms with Crippen molar-refractivity contribution < 1.29 is 19.1 Å². The summed E-state index contributed by atoms with van der Waals surface area (Å²) in [5, 5.41) is 5.23. The number of methoxy groups -OCH3 is 2. The monoisotopic (exact) mass is 371 g/mol. The Morgan fingerprint density at radius 2 is 1.70 bits per heavy atom. The molecule has 144 valence electrons. The van der Waals surface area contributed by atoms with Crippen molar-refractivity contribution in [1.29, 1.82) is 0 Å². The molecule has 2 rings (SSSR count). The van der Waals surface area contributed by atoms with Crippen LogP contribution in [0.5, 0.6) is 11.5 Å². The molecule has 0 saturated carbocycles. The molecule has 0 radical (unpaired) electrons. The predicted octanol–water partition coefficient (Wildman–Crippen LogP) is 2.07. The van der Waals surface area contributed by atoms with E-state index in [4.69, 9.17) is 9.47 Å². The molecule has 0 saturated heterocycles. The summed E-state index contributed by atoms with van der Waals surface area (Å²) in [6, 6.07) is 12.8. The maximum absolute atomic E-state index is 12.0. The highest BCUT2D eigenvalue weighted by molar-refractivity contribution is 6.39. The first-order valence-electron chi connectivity index (χ1n) is 8.52. The number of nitrogens with zero attached hydrogens (tertiary/aromatic N) is 1. The summed E-state index contributed by atoms with van der Waals surface area (Å²) >= 11 is 0. The molecular weight excluding hydrogens is 346 g/mol. The average molecular weight is 371 g/mol. The van der Waals surface area contributed by atoms with Crippen LogP contribution in [-0.4, -0.2) is 46.7 Å². The highest BCUT2D eigenvalue weighted by Gasteiger charge is 2.14. The number of ether oxygens (including phenoxy) is 2. The number of carbonyl (C=O) groups is 2. The Labute approximate surface area is 159 Å². The number of carbonyl (C=O) groups excluding carboxylic acids is 2. The van der Waals surface area contributed by atoms with Gasteiger partial charge in [-0.2, -0.15) is 0 Å². The average Bonchev–Trinajstić information content (AvgIpc) is 2.67. The largest absolute Gasteiger partial charge is 0.493 e. The third-order valence-corrected chi connectivity index (χ3v) is 3.97. The molecule has 2 aromatic carbocycles. The lowest BCUT2D eigenvalue weighted by atomic mass is 10.1. The van der Waals surface area contributed by atoms with Crippen LogP contribution >= 0.6 is 0 Å². The third kappa shape index (κ3) is 5.64. The quantitative estimate of drug-likeness (QED) is 0.729. The Morgan fingerprint density at radius 1 is 0.963 bits per heavy atom. The van der Waals surface area contributed by atoms with E-state index in [-0.39, 0.29) is 0 Å². The van der Waals surface area contributed by atoms with E-state index in [2.05, 4.69) is 10.6 Å². The number of hydrogen-bond acceptors (Lipinski definition) is 5. The van der Waals surface area contributed by atoms with E-state index in [9.17, 15) is 9.59 Å². The van der Waals surface area contributed by atoms with Crippen LogP contribution in [0.2, 0.25) is 0 Å². The number of anilines is 2. The molecule has 0 aromatic heterocycles. The van der Waals surface area contributed by atoms with Crippen LogP contribution in [0.25, 0.3) is 0 Å². The first-order chi connectivity index (χ1) is 12.9. The zero-order valence-corrected chi connectivity index (χ0v) is 16.0. The molecule has 0 atom stereocenters. The SMILES string of the molecule is COc1ccc(CCNC(=O)C(=O)Nc2cccc(N(C)C)c2)cc1OC. The molecule has 2 amide bonds. The minimum absolute atomic E-state index is 0.333. The zero-order chi connectivity index (χ0) is 19.8. The molecule has 0 aliphatic heterocycles. The van der Waals surface area contributed by atoms with Crippen molar-refractivity contribution >= 4 is 23.2 Å². The van der Waals surface area contributed by atoms with E-state index in [1.807, 2.05) is 43.3 Å². The number of benzene rings is 2. The lowest BCUT2D eigenvalue weighted by Gasteiger charge is -2.14. The van der Waals surface area contributed by atoms with Crippen LogP contribution in [0.4, 0.5) is 11.4 Å². The Morgan fingerprint density at radius 3 is 2.37 bits per heavy atom. The Bertz CT molecular complexity index is 806. The second kappa shape index (κ2) is 9.47. The van der Waals surface area contributed by atoms with E-state index >= 15 is 0 Å². The van der Waals surface area contributed by atoms with Crippen LogP contribution in [0, 0.1) is 0 Å². The van der Waals surface area contributed by atoms with E-state index in [1.165, 1.54) is 0 Å². The smallest absolute Gasteiger partial charge is 0.313 e. The fourth-order valence-corrected chi connectivity index (χ4v) is 2.49. The summed E-state index contributed by atoms with van der Waals surface area (Å²) in [4.78, 5) is 26.0. The van der Waals surface area contributed by atoms with Crippen molar-refractivity contribution in [2.45, 2.75) is 6.42 Å². The molecule has 0 bridgehead atoms. The lowest BCUT2D eigenvalue weighted by molar-refractivity contribution is -0.136. The lowest BCUT2D eigenvalue weighted by Crippen LogP contribution is -2.36. The second-order valence-electron chi connectivity index (χ2n) is 6.09. The maximum atomic E-state index is 12.0. The van der Waals surface area contributed by atoms with Crippen LogP contribution in [-0.2, 0) is 16.0 Å². The van der Waals surface area contributed by atoms with Gasteiger partial charge in [0.15, 0.2) is 11.5 Å². The van der Waals surface area contributed by atoms with Crippen molar-refractivity contribution in [2.24, 2.45) is 0 Å². The van der Waals surface area contributed by atoms with Crippen LogP contribution in [0.1, 0.15) is 5.56 Å². The number of nitrogens with one attached hydrogen (secondary N) is 2. The summed E-state index contributed by atoms with van der Waals surface area (Å²) < 4.78 is 10.4. The van der Waals surface area contributed by atoms with Crippen LogP contribution < -0.4 is 25.0 Å². The van der Waals surface area contributed by atoms with Gasteiger partial charge in [0.1, 0.15) is 0 Å². The van der Waals surface area contributed by atoms with Gasteiger partial charge in [0.2, 0.25) is 0 Å². The molecule has 0 aliphatic carbocycles. The molecule has 7 nitrogen and oxygen atoms in total. The zero-order valence-electron chi connectivity index (χ0n) is 16.0. The fraction of sp³-hybridized carbons (Fsp3) is 0.300. The highest BCUT2D eigenvalue weighted by Crippen LogP contribution is 2.27. The molecule has 2 aromatic rings. The van der Waals surface area contributed by atoms with Crippen molar-refractivity contribution in [3.8, 4) is 11.5 Å². The van der Waals surface area contributed by atoms with Gasteiger partial charge in [0.25, 0.3) is 0 Å². The van der Waals surface area contributed by atoms with Crippen molar-refractivity contribution in [3.05, 3.63) is 48.0 Å². The molecule has 2 N–H and O–H groups in total. The summed E-state index contributed by atoms with van der Waals surface area (Å²) in [6.07, 6.45) is 0.565. The minimum atomic E-state index is -0.696. The van der Waals surface area contributed by atoms with E-state index in [0.29, 0.717) is 30.2 Å². The molecule has 27 heavy (non-hydrogen) atoms. The Kier molecular flexibility index (Phi) is 7.05. The van der Waals surface area contributed by atoms with Crippen molar-refractivity contribution in [3.63, 3.8) is 0 Å². The van der Waals surface area contributed by atoms with Gasteiger partial charge in [-0.25, -0.2) is 0 Å². The van der Waals surface area contributed by atoms with Gasteiger partial charge in [-0.05, 0) is 42.3 Å².